The van der Waals surface area contributed by atoms with E-state index in [-0.39, 0.29) is 0 Å². The Balaban J connectivity index is 3.09. The van der Waals surface area contributed by atoms with E-state index in [9.17, 15) is 8.42 Å². The third-order valence-electron chi connectivity index (χ3n) is 2.12. The van der Waals surface area contributed by atoms with Crippen LogP contribution in [0.25, 0.3) is 0 Å². The maximum absolute atomic E-state index is 12.2. The molecule has 1 aromatic rings. The molecule has 1 rings (SSSR count). The Kier molecular flexibility index (Phi) is 5.44. The van der Waals surface area contributed by atoms with Gasteiger partial charge >= 0.3 is 0 Å². The monoisotopic (exact) mass is 389 g/mol. The van der Waals surface area contributed by atoms with Gasteiger partial charge in [0.15, 0.2) is 0 Å². The van der Waals surface area contributed by atoms with Gasteiger partial charge in [-0.1, -0.05) is 22.9 Å². The van der Waals surface area contributed by atoms with Crippen LogP contribution in [0.4, 0.5) is 0 Å². The van der Waals surface area contributed by atoms with Gasteiger partial charge in [0, 0.05) is 18.4 Å². The molecule has 0 saturated heterocycles. The molecule has 0 aliphatic heterocycles. The highest BCUT2D eigenvalue weighted by atomic mass is 79.9. The Labute approximate surface area is 117 Å². The van der Waals surface area contributed by atoms with E-state index in [1.165, 1.54) is 15.6 Å². The predicted molar refractivity (Wildman–Crippen MR) is 75.0 cm³/mol. The molecular weight excluding hydrogens is 378 g/mol. The minimum absolute atomic E-state index is 0.402. The highest BCUT2D eigenvalue weighted by Crippen LogP contribution is 2.32. The zero-order valence-electron chi connectivity index (χ0n) is 9.03. The summed E-state index contributed by atoms with van der Waals surface area (Å²) >= 11 is 7.87. The van der Waals surface area contributed by atoms with E-state index >= 15 is 0 Å². The van der Waals surface area contributed by atoms with E-state index in [1.54, 1.807) is 6.07 Å². The summed E-state index contributed by atoms with van der Waals surface area (Å²) in [5.74, 6) is 0. The molecule has 0 saturated carbocycles. The molecule has 0 atom stereocenters. The fourth-order valence-corrected chi connectivity index (χ4v) is 5.72. The smallest absolute Gasteiger partial charge is 0.206 e. The van der Waals surface area contributed by atoms with Crippen LogP contribution in [0.15, 0.2) is 14.1 Å². The average Bonchev–Trinajstić information content (AvgIpc) is 2.56. The maximum atomic E-state index is 12.2. The summed E-state index contributed by atoms with van der Waals surface area (Å²) in [5.41, 5.74) is 0.957. The van der Waals surface area contributed by atoms with Crippen LogP contribution in [0.5, 0.6) is 0 Å². The second-order valence-electron chi connectivity index (χ2n) is 3.21. The van der Waals surface area contributed by atoms with E-state index in [4.69, 9.17) is 0 Å². The van der Waals surface area contributed by atoms with Gasteiger partial charge in [0.25, 0.3) is 10.0 Å². The molecular formula is C9H13Br2NO2S2. The minimum atomic E-state index is -3.32. The van der Waals surface area contributed by atoms with Crippen LogP contribution in [-0.2, 0) is 10.0 Å². The van der Waals surface area contributed by atoms with E-state index in [0.717, 1.165) is 9.35 Å². The van der Waals surface area contributed by atoms with Gasteiger partial charge in [0.1, 0.15) is 4.21 Å². The first-order valence-corrected chi connectivity index (χ1v) is 8.92. The third kappa shape index (κ3) is 3.07. The van der Waals surface area contributed by atoms with Crippen molar-refractivity contribution in [2.24, 2.45) is 0 Å². The molecule has 1 aromatic heterocycles. The van der Waals surface area contributed by atoms with Gasteiger partial charge in [-0.05, 0) is 34.5 Å². The zero-order valence-corrected chi connectivity index (χ0v) is 13.8. The number of halogens is 2. The van der Waals surface area contributed by atoms with Gasteiger partial charge in [-0.3, -0.25) is 0 Å². The summed E-state index contributed by atoms with van der Waals surface area (Å²) in [7, 11) is -3.32. The number of nitrogens with zero attached hydrogens (tertiary/aromatic N) is 1. The van der Waals surface area contributed by atoms with Crippen molar-refractivity contribution in [2.45, 2.75) is 18.1 Å². The number of hydrogen-bond acceptors (Lipinski definition) is 3. The number of aryl methyl sites for hydroxylation is 1. The van der Waals surface area contributed by atoms with Crippen molar-refractivity contribution in [1.82, 2.24) is 4.31 Å². The van der Waals surface area contributed by atoms with Gasteiger partial charge < -0.3 is 0 Å². The first kappa shape index (κ1) is 14.6. The van der Waals surface area contributed by atoms with Gasteiger partial charge in [-0.15, -0.1) is 11.3 Å². The van der Waals surface area contributed by atoms with E-state index in [0.29, 0.717) is 22.6 Å². The molecule has 0 radical (unpaired) electrons. The van der Waals surface area contributed by atoms with Gasteiger partial charge in [0.2, 0.25) is 0 Å². The van der Waals surface area contributed by atoms with Crippen molar-refractivity contribution in [2.75, 3.05) is 18.4 Å². The SMILES string of the molecule is CCN(CCBr)S(=O)(=O)c1cc(C)c(Br)s1. The minimum Gasteiger partial charge on any atom is -0.206 e. The molecule has 0 fully saturated rings. The Morgan fingerprint density at radius 3 is 2.50 bits per heavy atom. The van der Waals surface area contributed by atoms with Crippen molar-refractivity contribution >= 4 is 53.2 Å². The molecule has 3 nitrogen and oxygen atoms in total. The van der Waals surface area contributed by atoms with E-state index in [1.807, 2.05) is 13.8 Å². The lowest BCUT2D eigenvalue weighted by Crippen LogP contribution is -2.32. The molecule has 0 aliphatic rings. The predicted octanol–water partition coefficient (Wildman–Crippen LogP) is 3.22. The average molecular weight is 391 g/mol. The molecule has 0 aromatic carbocycles. The summed E-state index contributed by atoms with van der Waals surface area (Å²) in [6.07, 6.45) is 0. The fraction of sp³-hybridized carbons (Fsp3) is 0.556. The number of alkyl halides is 1. The molecule has 16 heavy (non-hydrogen) atoms. The summed E-state index contributed by atoms with van der Waals surface area (Å²) in [6.45, 7) is 4.71. The van der Waals surface area contributed by atoms with Crippen LogP contribution in [0.2, 0.25) is 0 Å². The summed E-state index contributed by atoms with van der Waals surface area (Å²) in [4.78, 5) is 0. The largest absolute Gasteiger partial charge is 0.252 e. The first-order chi connectivity index (χ1) is 7.43. The Morgan fingerprint density at radius 1 is 1.50 bits per heavy atom. The second-order valence-corrected chi connectivity index (χ2v) is 8.54. The lowest BCUT2D eigenvalue weighted by molar-refractivity contribution is 0.450. The molecule has 92 valence electrons. The van der Waals surface area contributed by atoms with Crippen molar-refractivity contribution in [1.29, 1.82) is 0 Å². The summed E-state index contributed by atoms with van der Waals surface area (Å²) in [6, 6.07) is 1.71. The maximum Gasteiger partial charge on any atom is 0.252 e. The van der Waals surface area contributed by atoms with Crippen LogP contribution < -0.4 is 0 Å². The molecule has 0 bridgehead atoms. The van der Waals surface area contributed by atoms with Crippen molar-refractivity contribution in [3.8, 4) is 0 Å². The quantitative estimate of drug-likeness (QED) is 0.723. The van der Waals surface area contributed by atoms with E-state index in [2.05, 4.69) is 31.9 Å². The number of hydrogen-bond donors (Lipinski definition) is 0. The third-order valence-corrected chi connectivity index (χ3v) is 7.03. The van der Waals surface area contributed by atoms with Crippen LogP contribution in [0.3, 0.4) is 0 Å². The van der Waals surface area contributed by atoms with Crippen molar-refractivity contribution < 1.29 is 8.42 Å². The van der Waals surface area contributed by atoms with Crippen LogP contribution >= 0.6 is 43.2 Å². The van der Waals surface area contributed by atoms with Crippen LogP contribution in [-0.4, -0.2) is 31.1 Å². The van der Waals surface area contributed by atoms with Gasteiger partial charge in [-0.25, -0.2) is 8.42 Å². The first-order valence-electron chi connectivity index (χ1n) is 4.75. The lowest BCUT2D eigenvalue weighted by atomic mass is 10.4. The number of sulfonamides is 1. The number of rotatable bonds is 5. The Bertz CT molecular complexity index is 437. The standard InChI is InChI=1S/C9H13Br2NO2S2/c1-3-12(5-4-10)16(13,14)8-6-7(2)9(11)15-8/h6H,3-5H2,1-2H3. The number of thiophene rings is 1. The van der Waals surface area contributed by atoms with Crippen LogP contribution in [0, 0.1) is 6.92 Å². The highest BCUT2D eigenvalue weighted by molar-refractivity contribution is 9.11. The molecule has 0 spiro atoms. The normalized spacial score (nSPS) is 12.3. The topological polar surface area (TPSA) is 37.4 Å². The summed E-state index contributed by atoms with van der Waals surface area (Å²) < 4.78 is 27.2. The zero-order chi connectivity index (χ0) is 12.3. The van der Waals surface area contributed by atoms with Gasteiger partial charge in [0.05, 0.1) is 3.79 Å². The molecule has 0 unspecified atom stereocenters. The molecule has 7 heteroatoms. The molecule has 0 amide bonds. The van der Waals surface area contributed by atoms with Crippen LogP contribution in [0.1, 0.15) is 12.5 Å². The van der Waals surface area contributed by atoms with Crippen molar-refractivity contribution in [3.63, 3.8) is 0 Å². The second kappa shape index (κ2) is 5.95. The molecule has 0 N–H and O–H groups in total. The molecule has 0 aliphatic carbocycles. The summed E-state index contributed by atoms with van der Waals surface area (Å²) in [5, 5.41) is 0.644. The Hall–Kier alpha value is 0.570. The van der Waals surface area contributed by atoms with Crippen molar-refractivity contribution in [3.05, 3.63) is 15.4 Å². The highest BCUT2D eigenvalue weighted by Gasteiger charge is 2.24. The van der Waals surface area contributed by atoms with Gasteiger partial charge in [-0.2, -0.15) is 4.31 Å². The van der Waals surface area contributed by atoms with E-state index < -0.39 is 10.0 Å². The lowest BCUT2D eigenvalue weighted by Gasteiger charge is -2.17. The Morgan fingerprint density at radius 2 is 2.12 bits per heavy atom. The molecule has 1 heterocycles. The fourth-order valence-electron chi connectivity index (χ4n) is 1.23.